The van der Waals surface area contributed by atoms with Gasteiger partial charge in [-0.1, -0.05) is 18.2 Å². The molecule has 0 saturated heterocycles. The lowest BCUT2D eigenvalue weighted by molar-refractivity contribution is 0.102. The predicted molar refractivity (Wildman–Crippen MR) is 68.9 cm³/mol. The molecule has 1 aromatic heterocycles. The number of aryl methyl sites for hydroxylation is 1. The molecular weight excluding hydrogens is 282 g/mol. The summed E-state index contributed by atoms with van der Waals surface area (Å²) in [7, 11) is 0. The molecule has 0 aliphatic heterocycles. The Morgan fingerprint density at radius 3 is 2.65 bits per heavy atom. The zero-order chi connectivity index (χ0) is 12.3. The summed E-state index contributed by atoms with van der Waals surface area (Å²) in [6.45, 7) is 1.89. The fourth-order valence-corrected chi connectivity index (χ4v) is 1.59. The number of carbonyl (C=O) groups excluding carboxylic acids is 1. The minimum atomic E-state index is -0.181. The number of hydrogen-bond donors (Lipinski definition) is 1. The van der Waals surface area contributed by atoms with Crippen LogP contribution in [-0.2, 0) is 0 Å². The van der Waals surface area contributed by atoms with Gasteiger partial charge in [0.05, 0.1) is 12.4 Å². The fourth-order valence-electron chi connectivity index (χ4n) is 1.39. The van der Waals surface area contributed by atoms with Crippen LogP contribution < -0.4 is 5.32 Å². The van der Waals surface area contributed by atoms with Crippen molar-refractivity contribution in [1.82, 2.24) is 9.97 Å². The van der Waals surface area contributed by atoms with Crippen molar-refractivity contribution in [3.8, 4) is 0 Å². The minimum absolute atomic E-state index is 0.181. The molecule has 5 heteroatoms. The summed E-state index contributed by atoms with van der Waals surface area (Å²) in [5.41, 5.74) is 1.56. The first-order valence-electron chi connectivity index (χ1n) is 5.01. The van der Waals surface area contributed by atoms with Crippen LogP contribution in [0.2, 0.25) is 0 Å². The Hall–Kier alpha value is -1.75. The van der Waals surface area contributed by atoms with Gasteiger partial charge in [0.2, 0.25) is 0 Å². The van der Waals surface area contributed by atoms with E-state index in [2.05, 4.69) is 31.2 Å². The Morgan fingerprint density at radius 1 is 1.24 bits per heavy atom. The molecule has 0 aliphatic carbocycles. The molecule has 1 amide bonds. The molecule has 0 saturated carbocycles. The van der Waals surface area contributed by atoms with E-state index in [-0.39, 0.29) is 5.91 Å². The second kappa shape index (κ2) is 5.05. The third-order valence-electron chi connectivity index (χ3n) is 2.25. The van der Waals surface area contributed by atoms with Crippen molar-refractivity contribution in [1.29, 1.82) is 0 Å². The van der Waals surface area contributed by atoms with Crippen LogP contribution in [-0.4, -0.2) is 15.9 Å². The smallest absolute Gasteiger partial charge is 0.257 e. The van der Waals surface area contributed by atoms with E-state index in [0.29, 0.717) is 16.0 Å². The number of nitrogens with one attached hydrogen (secondary N) is 1. The van der Waals surface area contributed by atoms with Gasteiger partial charge >= 0.3 is 0 Å². The van der Waals surface area contributed by atoms with Crippen LogP contribution in [0.1, 0.15) is 15.9 Å². The molecule has 0 bridgehead atoms. The normalized spacial score (nSPS) is 10.0. The van der Waals surface area contributed by atoms with E-state index >= 15 is 0 Å². The molecule has 0 unspecified atom stereocenters. The first-order chi connectivity index (χ1) is 8.16. The second-order valence-corrected chi connectivity index (χ2v) is 4.31. The Bertz CT molecular complexity index is 540. The number of hydrogen-bond acceptors (Lipinski definition) is 3. The van der Waals surface area contributed by atoms with Crippen molar-refractivity contribution in [2.45, 2.75) is 6.92 Å². The van der Waals surface area contributed by atoms with Crippen LogP contribution in [0, 0.1) is 6.92 Å². The van der Waals surface area contributed by atoms with E-state index in [0.717, 1.165) is 5.56 Å². The molecule has 2 rings (SSSR count). The van der Waals surface area contributed by atoms with Gasteiger partial charge in [0.25, 0.3) is 5.91 Å². The van der Waals surface area contributed by atoms with E-state index < -0.39 is 0 Å². The van der Waals surface area contributed by atoms with Crippen molar-refractivity contribution >= 4 is 27.7 Å². The van der Waals surface area contributed by atoms with Crippen LogP contribution in [0.15, 0.2) is 41.3 Å². The quantitative estimate of drug-likeness (QED) is 0.926. The van der Waals surface area contributed by atoms with Crippen molar-refractivity contribution in [3.63, 3.8) is 0 Å². The van der Waals surface area contributed by atoms with Gasteiger partial charge in [-0.25, -0.2) is 9.97 Å². The average Bonchev–Trinajstić information content (AvgIpc) is 2.32. The number of carbonyl (C=O) groups is 1. The zero-order valence-electron chi connectivity index (χ0n) is 9.14. The fraction of sp³-hybridized carbons (Fsp3) is 0.0833. The Kier molecular flexibility index (Phi) is 3.49. The molecule has 1 heterocycles. The first kappa shape index (κ1) is 11.7. The van der Waals surface area contributed by atoms with Crippen molar-refractivity contribution in [2.24, 2.45) is 0 Å². The lowest BCUT2D eigenvalue weighted by Crippen LogP contribution is -2.14. The minimum Gasteiger partial charge on any atom is -0.305 e. The molecule has 86 valence electrons. The van der Waals surface area contributed by atoms with Crippen molar-refractivity contribution < 1.29 is 4.79 Å². The van der Waals surface area contributed by atoms with E-state index in [1.54, 1.807) is 6.07 Å². The van der Waals surface area contributed by atoms with Crippen molar-refractivity contribution in [3.05, 3.63) is 52.4 Å². The van der Waals surface area contributed by atoms with Gasteiger partial charge in [0.15, 0.2) is 5.82 Å². The number of benzene rings is 1. The topological polar surface area (TPSA) is 54.9 Å². The molecule has 2 aromatic rings. The highest BCUT2D eigenvalue weighted by atomic mass is 79.9. The number of aromatic nitrogens is 2. The highest BCUT2D eigenvalue weighted by molar-refractivity contribution is 9.10. The molecule has 4 nitrogen and oxygen atoms in total. The van der Waals surface area contributed by atoms with E-state index in [4.69, 9.17) is 0 Å². The third-order valence-corrected chi connectivity index (χ3v) is 2.66. The molecule has 0 spiro atoms. The summed E-state index contributed by atoms with van der Waals surface area (Å²) >= 11 is 3.18. The SMILES string of the molecule is Cc1ccccc1C(=O)Nc1cnc(Br)cn1. The summed E-state index contributed by atoms with van der Waals surface area (Å²) in [4.78, 5) is 19.9. The Balaban J connectivity index is 2.17. The van der Waals surface area contributed by atoms with E-state index in [1.807, 2.05) is 25.1 Å². The van der Waals surface area contributed by atoms with Gasteiger partial charge in [0, 0.05) is 5.56 Å². The standard InChI is InChI=1S/C12H10BrN3O/c1-8-4-2-3-5-9(8)12(17)16-11-7-14-10(13)6-15-11/h2-7H,1H3,(H,15,16,17). The van der Waals surface area contributed by atoms with Crippen LogP contribution in [0.4, 0.5) is 5.82 Å². The largest absolute Gasteiger partial charge is 0.305 e. The molecule has 1 aromatic carbocycles. The average molecular weight is 292 g/mol. The Morgan fingerprint density at radius 2 is 2.00 bits per heavy atom. The van der Waals surface area contributed by atoms with Gasteiger partial charge in [-0.2, -0.15) is 0 Å². The maximum absolute atomic E-state index is 11.9. The summed E-state index contributed by atoms with van der Waals surface area (Å²) in [5.74, 6) is 0.251. The van der Waals surface area contributed by atoms with Crippen LogP contribution in [0.25, 0.3) is 0 Å². The molecule has 0 radical (unpaired) electrons. The molecule has 0 atom stereocenters. The first-order valence-corrected chi connectivity index (χ1v) is 5.80. The van der Waals surface area contributed by atoms with Crippen LogP contribution >= 0.6 is 15.9 Å². The highest BCUT2D eigenvalue weighted by Gasteiger charge is 2.08. The molecule has 1 N–H and O–H groups in total. The molecule has 17 heavy (non-hydrogen) atoms. The summed E-state index contributed by atoms with van der Waals surface area (Å²) < 4.78 is 0.631. The third kappa shape index (κ3) is 2.88. The number of rotatable bonds is 2. The second-order valence-electron chi connectivity index (χ2n) is 3.49. The van der Waals surface area contributed by atoms with Gasteiger partial charge < -0.3 is 5.32 Å². The van der Waals surface area contributed by atoms with Gasteiger partial charge in [-0.05, 0) is 34.5 Å². The van der Waals surface area contributed by atoms with E-state index in [9.17, 15) is 4.79 Å². The highest BCUT2D eigenvalue weighted by Crippen LogP contribution is 2.11. The number of nitrogens with zero attached hydrogens (tertiary/aromatic N) is 2. The van der Waals surface area contributed by atoms with Gasteiger partial charge in [-0.15, -0.1) is 0 Å². The maximum Gasteiger partial charge on any atom is 0.257 e. The molecule has 0 fully saturated rings. The predicted octanol–water partition coefficient (Wildman–Crippen LogP) is 2.80. The van der Waals surface area contributed by atoms with Crippen molar-refractivity contribution in [2.75, 3.05) is 5.32 Å². The lowest BCUT2D eigenvalue weighted by Gasteiger charge is -2.06. The zero-order valence-corrected chi connectivity index (χ0v) is 10.7. The van der Waals surface area contributed by atoms with Gasteiger partial charge in [-0.3, -0.25) is 4.79 Å². The van der Waals surface area contributed by atoms with E-state index in [1.165, 1.54) is 12.4 Å². The summed E-state index contributed by atoms with van der Waals surface area (Å²) in [6, 6.07) is 7.39. The van der Waals surface area contributed by atoms with Crippen LogP contribution in [0.3, 0.4) is 0 Å². The summed E-state index contributed by atoms with van der Waals surface area (Å²) in [5, 5.41) is 2.69. The molecular formula is C12H10BrN3O. The van der Waals surface area contributed by atoms with Crippen LogP contribution in [0.5, 0.6) is 0 Å². The molecule has 0 aliphatic rings. The number of anilines is 1. The van der Waals surface area contributed by atoms with Gasteiger partial charge in [0.1, 0.15) is 4.60 Å². The lowest BCUT2D eigenvalue weighted by atomic mass is 10.1. The summed E-state index contributed by atoms with van der Waals surface area (Å²) in [6.07, 6.45) is 3.04. The number of amides is 1. The number of halogens is 1. The monoisotopic (exact) mass is 291 g/mol. The maximum atomic E-state index is 11.9. The Labute approximate surface area is 107 Å².